The molecule has 2 aromatic carbocycles. The Morgan fingerprint density at radius 2 is 1.86 bits per heavy atom. The van der Waals surface area contributed by atoms with Crippen molar-refractivity contribution >= 4 is 28.5 Å². The van der Waals surface area contributed by atoms with Gasteiger partial charge in [-0.15, -0.1) is 0 Å². The summed E-state index contributed by atoms with van der Waals surface area (Å²) in [6.45, 7) is 1.40. The molecule has 2 aliphatic heterocycles. The second-order valence-corrected chi connectivity index (χ2v) is 6.86. The second kappa shape index (κ2) is 6.60. The first-order valence-electron chi connectivity index (χ1n) is 9.17. The quantitative estimate of drug-likeness (QED) is 0.758. The highest BCUT2D eigenvalue weighted by atomic mass is 16.6. The average Bonchev–Trinajstić information content (AvgIpc) is 3.31. The molecule has 0 radical (unpaired) electrons. The van der Waals surface area contributed by atoms with Crippen molar-refractivity contribution in [1.29, 1.82) is 0 Å². The summed E-state index contributed by atoms with van der Waals surface area (Å²) in [5, 5.41) is 3.77. The number of ether oxygens (including phenoxy) is 2. The molecule has 1 aromatic heterocycles. The van der Waals surface area contributed by atoms with Crippen molar-refractivity contribution in [1.82, 2.24) is 5.32 Å². The van der Waals surface area contributed by atoms with E-state index in [1.54, 1.807) is 23.1 Å². The number of nitrogens with zero attached hydrogens (tertiary/aromatic N) is 1. The van der Waals surface area contributed by atoms with Crippen LogP contribution in [0.3, 0.4) is 0 Å². The lowest BCUT2D eigenvalue weighted by Gasteiger charge is -2.22. The van der Waals surface area contributed by atoms with E-state index in [2.05, 4.69) is 5.32 Å². The number of carbonyl (C=O) groups is 2. The van der Waals surface area contributed by atoms with Gasteiger partial charge in [-0.3, -0.25) is 9.59 Å². The van der Waals surface area contributed by atoms with Crippen molar-refractivity contribution in [2.24, 2.45) is 0 Å². The third-order valence-corrected chi connectivity index (χ3v) is 4.95. The molecule has 5 rings (SSSR count). The molecule has 0 spiro atoms. The summed E-state index contributed by atoms with van der Waals surface area (Å²) in [7, 11) is 0. The van der Waals surface area contributed by atoms with Crippen molar-refractivity contribution in [2.45, 2.75) is 12.5 Å². The van der Waals surface area contributed by atoms with Gasteiger partial charge in [0.2, 0.25) is 5.91 Å². The Morgan fingerprint density at radius 3 is 2.71 bits per heavy atom. The van der Waals surface area contributed by atoms with Gasteiger partial charge in [0, 0.05) is 30.1 Å². The van der Waals surface area contributed by atoms with Crippen molar-refractivity contribution in [2.75, 3.05) is 24.7 Å². The van der Waals surface area contributed by atoms with Crippen LogP contribution in [0.15, 0.2) is 52.9 Å². The van der Waals surface area contributed by atoms with Gasteiger partial charge in [-0.2, -0.15) is 0 Å². The number of hydrogen-bond donors (Lipinski definition) is 1. The van der Waals surface area contributed by atoms with Crippen LogP contribution in [0.4, 0.5) is 5.69 Å². The Morgan fingerprint density at radius 1 is 1.04 bits per heavy atom. The molecule has 142 valence electrons. The molecule has 1 N–H and O–H groups in total. The Kier molecular flexibility index (Phi) is 3.93. The molecule has 0 aliphatic carbocycles. The van der Waals surface area contributed by atoms with Gasteiger partial charge in [0.05, 0.1) is 6.04 Å². The summed E-state index contributed by atoms with van der Waals surface area (Å²) in [5.41, 5.74) is 1.39. The minimum absolute atomic E-state index is 0.0495. The highest BCUT2D eigenvalue weighted by Gasteiger charge is 2.33. The van der Waals surface area contributed by atoms with E-state index in [0.717, 1.165) is 11.1 Å². The molecular formula is C21H18N2O5. The van der Waals surface area contributed by atoms with E-state index in [1.165, 1.54) is 0 Å². The molecule has 2 amide bonds. The van der Waals surface area contributed by atoms with Crippen molar-refractivity contribution in [3.63, 3.8) is 0 Å². The van der Waals surface area contributed by atoms with Crippen LogP contribution < -0.4 is 19.7 Å². The maximum absolute atomic E-state index is 12.5. The fourth-order valence-electron chi connectivity index (χ4n) is 3.60. The number of amides is 2. The summed E-state index contributed by atoms with van der Waals surface area (Å²) in [6.07, 6.45) is 0.237. The summed E-state index contributed by atoms with van der Waals surface area (Å²) >= 11 is 0. The molecule has 3 aromatic rings. The van der Waals surface area contributed by atoms with E-state index in [9.17, 15) is 9.59 Å². The van der Waals surface area contributed by atoms with Gasteiger partial charge < -0.3 is 24.1 Å². The minimum Gasteiger partial charge on any atom is -0.486 e. The first kappa shape index (κ1) is 16.7. The molecule has 0 saturated carbocycles. The Bertz CT molecular complexity index is 1040. The van der Waals surface area contributed by atoms with E-state index in [4.69, 9.17) is 13.9 Å². The van der Waals surface area contributed by atoms with Crippen LogP contribution in [-0.4, -0.2) is 37.6 Å². The largest absolute Gasteiger partial charge is 0.486 e. The normalized spacial score (nSPS) is 18.5. The SMILES string of the molecule is O=C(N[C@H]1CC(=O)N(c2ccc3c(c2)OCCO3)C1)c1cc2ccccc2o1. The van der Waals surface area contributed by atoms with Crippen LogP contribution in [-0.2, 0) is 4.79 Å². The van der Waals surface area contributed by atoms with Gasteiger partial charge in [-0.25, -0.2) is 0 Å². The summed E-state index contributed by atoms with van der Waals surface area (Å²) in [5.74, 6) is 1.18. The molecule has 1 atom stereocenters. The zero-order valence-corrected chi connectivity index (χ0v) is 15.0. The van der Waals surface area contributed by atoms with Crippen LogP contribution >= 0.6 is 0 Å². The predicted molar refractivity (Wildman–Crippen MR) is 102 cm³/mol. The molecule has 28 heavy (non-hydrogen) atoms. The number of benzene rings is 2. The zero-order chi connectivity index (χ0) is 19.1. The van der Waals surface area contributed by atoms with Crippen molar-refractivity contribution in [3.8, 4) is 11.5 Å². The first-order chi connectivity index (χ1) is 13.7. The fourth-order valence-corrected chi connectivity index (χ4v) is 3.60. The Labute approximate surface area is 160 Å². The third kappa shape index (κ3) is 2.94. The number of rotatable bonds is 3. The van der Waals surface area contributed by atoms with Gasteiger partial charge in [0.1, 0.15) is 18.8 Å². The highest BCUT2D eigenvalue weighted by molar-refractivity contribution is 5.99. The zero-order valence-electron chi connectivity index (χ0n) is 15.0. The van der Waals surface area contributed by atoms with Crippen molar-refractivity contribution in [3.05, 3.63) is 54.3 Å². The van der Waals surface area contributed by atoms with E-state index in [1.807, 2.05) is 30.3 Å². The third-order valence-electron chi connectivity index (χ3n) is 4.95. The molecule has 0 bridgehead atoms. The number of nitrogens with one attached hydrogen (secondary N) is 1. The molecule has 7 nitrogen and oxygen atoms in total. The lowest BCUT2D eigenvalue weighted by Crippen LogP contribution is -2.37. The molecule has 0 unspecified atom stereocenters. The molecule has 1 saturated heterocycles. The van der Waals surface area contributed by atoms with Crippen LogP contribution in [0.25, 0.3) is 11.0 Å². The molecule has 3 heterocycles. The molecule has 2 aliphatic rings. The van der Waals surface area contributed by atoms with E-state index in [0.29, 0.717) is 36.8 Å². The van der Waals surface area contributed by atoms with Gasteiger partial charge in [-0.1, -0.05) is 18.2 Å². The number of anilines is 1. The second-order valence-electron chi connectivity index (χ2n) is 6.86. The number of fused-ring (bicyclic) bond motifs is 2. The van der Waals surface area contributed by atoms with E-state index >= 15 is 0 Å². The number of furan rings is 1. The lowest BCUT2D eigenvalue weighted by molar-refractivity contribution is -0.117. The Balaban J connectivity index is 1.30. The number of carbonyl (C=O) groups excluding carboxylic acids is 2. The first-order valence-corrected chi connectivity index (χ1v) is 9.17. The molecular weight excluding hydrogens is 360 g/mol. The van der Waals surface area contributed by atoms with E-state index < -0.39 is 0 Å². The minimum atomic E-state index is -0.321. The number of para-hydroxylation sites is 1. The summed E-state index contributed by atoms with van der Waals surface area (Å²) in [4.78, 5) is 26.7. The van der Waals surface area contributed by atoms with Gasteiger partial charge in [0.25, 0.3) is 5.91 Å². The monoisotopic (exact) mass is 378 g/mol. The van der Waals surface area contributed by atoms with Gasteiger partial charge >= 0.3 is 0 Å². The smallest absolute Gasteiger partial charge is 0.287 e. The average molecular weight is 378 g/mol. The molecule has 1 fully saturated rings. The van der Waals surface area contributed by atoms with Crippen molar-refractivity contribution < 1.29 is 23.5 Å². The lowest BCUT2D eigenvalue weighted by atomic mass is 10.2. The maximum atomic E-state index is 12.5. The van der Waals surface area contributed by atoms with E-state index in [-0.39, 0.29) is 30.0 Å². The van der Waals surface area contributed by atoms with Crippen LogP contribution in [0.5, 0.6) is 11.5 Å². The van der Waals surface area contributed by atoms with Gasteiger partial charge in [-0.05, 0) is 24.3 Å². The van der Waals surface area contributed by atoms with Gasteiger partial charge in [0.15, 0.2) is 17.3 Å². The highest BCUT2D eigenvalue weighted by Crippen LogP contribution is 2.35. The molecule has 7 heteroatoms. The van der Waals surface area contributed by atoms with Crippen LogP contribution in [0, 0.1) is 0 Å². The number of hydrogen-bond acceptors (Lipinski definition) is 5. The maximum Gasteiger partial charge on any atom is 0.287 e. The van der Waals surface area contributed by atoms with Crippen LogP contribution in [0.2, 0.25) is 0 Å². The van der Waals surface area contributed by atoms with Crippen LogP contribution in [0.1, 0.15) is 17.0 Å². The predicted octanol–water partition coefficient (Wildman–Crippen LogP) is 2.74. The summed E-state index contributed by atoms with van der Waals surface area (Å²) < 4.78 is 16.7. The fraction of sp³-hybridized carbons (Fsp3) is 0.238. The summed E-state index contributed by atoms with van der Waals surface area (Å²) in [6, 6.07) is 14.3. The standard InChI is InChI=1S/C21H18N2O5/c24-20-10-14(22-21(25)19-9-13-3-1-2-4-16(13)28-19)12-23(20)15-5-6-17-18(11-15)27-8-7-26-17/h1-6,9,11,14H,7-8,10,12H2,(H,22,25)/t14-/m0/s1. The Hall–Kier alpha value is -3.48. The topological polar surface area (TPSA) is 81.0 Å².